The van der Waals surface area contributed by atoms with Gasteiger partial charge in [0, 0.05) is 5.57 Å². The minimum absolute atomic E-state index is 0.257. The van der Waals surface area contributed by atoms with Crippen molar-refractivity contribution in [1.82, 2.24) is 0 Å². The van der Waals surface area contributed by atoms with Gasteiger partial charge in [0.1, 0.15) is 0 Å². The Hall–Kier alpha value is -2.61. The van der Waals surface area contributed by atoms with E-state index < -0.39 is 5.97 Å². The molecule has 21 heavy (non-hydrogen) atoms. The second-order valence-corrected chi connectivity index (χ2v) is 5.25. The number of rotatable bonds is 4. The van der Waals surface area contributed by atoms with E-state index in [1.807, 2.05) is 18.2 Å². The van der Waals surface area contributed by atoms with Crippen molar-refractivity contribution in [2.75, 3.05) is 0 Å². The summed E-state index contributed by atoms with van der Waals surface area (Å²) >= 11 is 0. The maximum atomic E-state index is 10.9. The third-order valence-corrected chi connectivity index (χ3v) is 3.84. The van der Waals surface area contributed by atoms with Crippen molar-refractivity contribution in [2.45, 2.75) is 12.8 Å². The fourth-order valence-corrected chi connectivity index (χ4v) is 2.64. The highest BCUT2D eigenvalue weighted by Crippen LogP contribution is 2.26. The monoisotopic (exact) mass is 276 g/mol. The first-order chi connectivity index (χ1) is 10.1. The SMILES string of the molecule is C=C(CCc1cccc2cc3ccccc3cc12)C(=O)O. The van der Waals surface area contributed by atoms with E-state index in [0.29, 0.717) is 12.8 Å². The van der Waals surface area contributed by atoms with E-state index in [2.05, 4.69) is 43.0 Å². The van der Waals surface area contributed by atoms with Gasteiger partial charge in [-0.25, -0.2) is 4.79 Å². The molecule has 0 spiro atoms. The Kier molecular flexibility index (Phi) is 3.44. The fourth-order valence-electron chi connectivity index (χ4n) is 2.64. The van der Waals surface area contributed by atoms with E-state index >= 15 is 0 Å². The van der Waals surface area contributed by atoms with Crippen molar-refractivity contribution in [2.24, 2.45) is 0 Å². The Bertz CT molecular complexity index is 846. The van der Waals surface area contributed by atoms with Crippen LogP contribution in [0, 0.1) is 0 Å². The third-order valence-electron chi connectivity index (χ3n) is 3.84. The van der Waals surface area contributed by atoms with Crippen LogP contribution in [0.3, 0.4) is 0 Å². The van der Waals surface area contributed by atoms with Gasteiger partial charge in [-0.05, 0) is 52.1 Å². The number of hydrogen-bond donors (Lipinski definition) is 1. The maximum absolute atomic E-state index is 10.9. The van der Waals surface area contributed by atoms with Crippen molar-refractivity contribution < 1.29 is 9.90 Å². The molecule has 0 saturated carbocycles. The van der Waals surface area contributed by atoms with Gasteiger partial charge in [0.15, 0.2) is 0 Å². The zero-order valence-corrected chi connectivity index (χ0v) is 11.7. The predicted octanol–water partition coefficient (Wildman–Crippen LogP) is 4.57. The molecule has 104 valence electrons. The predicted molar refractivity (Wildman–Crippen MR) is 86.6 cm³/mol. The Morgan fingerprint density at radius 3 is 2.33 bits per heavy atom. The van der Waals surface area contributed by atoms with Crippen molar-refractivity contribution >= 4 is 27.5 Å². The summed E-state index contributed by atoms with van der Waals surface area (Å²) < 4.78 is 0. The van der Waals surface area contributed by atoms with Crippen LogP contribution in [-0.4, -0.2) is 11.1 Å². The van der Waals surface area contributed by atoms with Gasteiger partial charge in [0.05, 0.1) is 0 Å². The summed E-state index contributed by atoms with van der Waals surface area (Å²) in [7, 11) is 0. The molecule has 2 heteroatoms. The van der Waals surface area contributed by atoms with Crippen molar-refractivity contribution in [3.8, 4) is 0 Å². The van der Waals surface area contributed by atoms with Gasteiger partial charge < -0.3 is 5.11 Å². The summed E-state index contributed by atoms with van der Waals surface area (Å²) in [6.07, 6.45) is 1.17. The Balaban J connectivity index is 2.04. The van der Waals surface area contributed by atoms with E-state index in [9.17, 15) is 4.79 Å². The molecule has 0 aliphatic carbocycles. The van der Waals surface area contributed by atoms with Crippen molar-refractivity contribution in [3.63, 3.8) is 0 Å². The van der Waals surface area contributed by atoms with Crippen LogP contribution in [0.1, 0.15) is 12.0 Å². The molecule has 0 bridgehead atoms. The van der Waals surface area contributed by atoms with E-state index in [4.69, 9.17) is 5.11 Å². The van der Waals surface area contributed by atoms with Crippen LogP contribution in [0.2, 0.25) is 0 Å². The van der Waals surface area contributed by atoms with E-state index in [-0.39, 0.29) is 5.57 Å². The fraction of sp³-hybridized carbons (Fsp3) is 0.105. The van der Waals surface area contributed by atoms with Crippen molar-refractivity contribution in [3.05, 3.63) is 72.3 Å². The molecule has 0 amide bonds. The molecule has 0 heterocycles. The van der Waals surface area contributed by atoms with E-state index in [1.54, 1.807) is 0 Å². The summed E-state index contributed by atoms with van der Waals surface area (Å²) in [4.78, 5) is 10.9. The molecule has 0 saturated heterocycles. The minimum Gasteiger partial charge on any atom is -0.478 e. The molecule has 0 aliphatic heterocycles. The van der Waals surface area contributed by atoms with Crippen LogP contribution >= 0.6 is 0 Å². The highest BCUT2D eigenvalue weighted by molar-refractivity contribution is 5.99. The second kappa shape index (κ2) is 5.41. The molecule has 3 aromatic carbocycles. The molecule has 0 aromatic heterocycles. The zero-order chi connectivity index (χ0) is 14.8. The van der Waals surface area contributed by atoms with Crippen molar-refractivity contribution in [1.29, 1.82) is 0 Å². The molecule has 0 atom stereocenters. The quantitative estimate of drug-likeness (QED) is 0.560. The molecule has 0 fully saturated rings. The summed E-state index contributed by atoms with van der Waals surface area (Å²) in [5, 5.41) is 13.7. The summed E-state index contributed by atoms with van der Waals surface area (Å²) in [5.74, 6) is -0.916. The van der Waals surface area contributed by atoms with Gasteiger partial charge in [0.25, 0.3) is 0 Å². The largest absolute Gasteiger partial charge is 0.478 e. The minimum atomic E-state index is -0.916. The Morgan fingerprint density at radius 2 is 1.62 bits per heavy atom. The maximum Gasteiger partial charge on any atom is 0.330 e. The lowest BCUT2D eigenvalue weighted by molar-refractivity contribution is -0.132. The number of carbonyl (C=O) groups is 1. The van der Waals surface area contributed by atoms with Gasteiger partial charge >= 0.3 is 5.97 Å². The molecule has 0 unspecified atom stereocenters. The topological polar surface area (TPSA) is 37.3 Å². The number of hydrogen-bond acceptors (Lipinski definition) is 1. The second-order valence-electron chi connectivity index (χ2n) is 5.25. The lowest BCUT2D eigenvalue weighted by atomic mass is 9.96. The van der Waals surface area contributed by atoms with Gasteiger partial charge in [0.2, 0.25) is 0 Å². The van der Waals surface area contributed by atoms with Crippen LogP contribution in [0.15, 0.2) is 66.7 Å². The molecule has 3 rings (SSSR count). The number of fused-ring (bicyclic) bond motifs is 2. The highest BCUT2D eigenvalue weighted by atomic mass is 16.4. The molecular formula is C19H16O2. The number of carboxylic acid groups (broad SMARTS) is 1. The molecule has 0 aliphatic rings. The van der Waals surface area contributed by atoms with Crippen LogP contribution in [0.4, 0.5) is 0 Å². The summed E-state index contributed by atoms with van der Waals surface area (Å²) in [5.41, 5.74) is 1.42. The lowest BCUT2D eigenvalue weighted by Gasteiger charge is -2.08. The van der Waals surface area contributed by atoms with Crippen LogP contribution in [0.25, 0.3) is 21.5 Å². The average molecular weight is 276 g/mol. The van der Waals surface area contributed by atoms with E-state index in [0.717, 1.165) is 0 Å². The summed E-state index contributed by atoms with van der Waals surface area (Å²) in [6, 6.07) is 18.8. The molecule has 0 radical (unpaired) electrons. The standard InChI is InChI=1S/C19H16O2/c1-13(19(20)21)9-10-14-7-4-8-17-11-15-5-2-3-6-16(15)12-18(14)17/h2-8,11-12H,1,9-10H2,(H,20,21). The first-order valence-electron chi connectivity index (χ1n) is 6.96. The third kappa shape index (κ3) is 2.65. The van der Waals surface area contributed by atoms with E-state index in [1.165, 1.54) is 27.1 Å². The molecule has 2 nitrogen and oxygen atoms in total. The molecule has 1 N–H and O–H groups in total. The number of benzene rings is 3. The number of carboxylic acids is 1. The normalized spacial score (nSPS) is 10.9. The Morgan fingerprint density at radius 1 is 0.952 bits per heavy atom. The molecular weight excluding hydrogens is 260 g/mol. The number of aryl methyl sites for hydroxylation is 1. The van der Waals surface area contributed by atoms with Crippen LogP contribution in [-0.2, 0) is 11.2 Å². The molecule has 3 aromatic rings. The first kappa shape index (κ1) is 13.4. The average Bonchev–Trinajstić information content (AvgIpc) is 2.50. The summed E-state index contributed by atoms with van der Waals surface area (Å²) in [6.45, 7) is 3.60. The van der Waals surface area contributed by atoms with Gasteiger partial charge in [-0.1, -0.05) is 49.0 Å². The van der Waals surface area contributed by atoms with Gasteiger partial charge in [-0.2, -0.15) is 0 Å². The lowest BCUT2D eigenvalue weighted by Crippen LogP contribution is -2.00. The first-order valence-corrected chi connectivity index (χ1v) is 6.96. The van der Waals surface area contributed by atoms with Crippen LogP contribution < -0.4 is 0 Å². The van der Waals surface area contributed by atoms with Crippen LogP contribution in [0.5, 0.6) is 0 Å². The van der Waals surface area contributed by atoms with Gasteiger partial charge in [-0.15, -0.1) is 0 Å². The Labute approximate surface area is 123 Å². The highest BCUT2D eigenvalue weighted by Gasteiger charge is 2.07. The zero-order valence-electron chi connectivity index (χ0n) is 11.7. The smallest absolute Gasteiger partial charge is 0.330 e. The number of aliphatic carboxylic acids is 1. The van der Waals surface area contributed by atoms with Gasteiger partial charge in [-0.3, -0.25) is 0 Å².